The van der Waals surface area contributed by atoms with Crippen molar-refractivity contribution in [3.05, 3.63) is 21.4 Å². The number of hydrogen-bond donors (Lipinski definition) is 2. The molecular formula is C15H21NO3S. The highest BCUT2D eigenvalue weighted by atomic mass is 32.1. The fourth-order valence-corrected chi connectivity index (χ4v) is 3.55. The van der Waals surface area contributed by atoms with Crippen LogP contribution in [-0.2, 0) is 17.6 Å². The summed E-state index contributed by atoms with van der Waals surface area (Å²) in [7, 11) is 0. The van der Waals surface area contributed by atoms with Gasteiger partial charge in [0, 0.05) is 11.4 Å². The minimum Gasteiger partial charge on any atom is -0.481 e. The zero-order valence-electron chi connectivity index (χ0n) is 11.8. The zero-order valence-corrected chi connectivity index (χ0v) is 12.6. The van der Waals surface area contributed by atoms with Crippen LogP contribution in [0.5, 0.6) is 0 Å². The number of carboxylic acid groups (broad SMARTS) is 1. The molecule has 0 aliphatic heterocycles. The van der Waals surface area contributed by atoms with Gasteiger partial charge in [-0.15, -0.1) is 11.3 Å². The summed E-state index contributed by atoms with van der Waals surface area (Å²) < 4.78 is 0. The molecule has 1 aliphatic rings. The van der Waals surface area contributed by atoms with Crippen LogP contribution >= 0.6 is 11.3 Å². The van der Waals surface area contributed by atoms with E-state index in [-0.39, 0.29) is 12.5 Å². The molecule has 1 aromatic rings. The number of fused-ring (bicyclic) bond motifs is 1. The van der Waals surface area contributed by atoms with Crippen LogP contribution < -0.4 is 5.32 Å². The molecule has 0 spiro atoms. The van der Waals surface area contributed by atoms with Gasteiger partial charge in [-0.2, -0.15) is 0 Å². The topological polar surface area (TPSA) is 66.4 Å². The zero-order chi connectivity index (χ0) is 14.5. The normalized spacial score (nSPS) is 16.6. The van der Waals surface area contributed by atoms with E-state index in [4.69, 9.17) is 5.11 Å². The summed E-state index contributed by atoms with van der Waals surface area (Å²) in [5.74, 6) is -1.58. The summed E-state index contributed by atoms with van der Waals surface area (Å²) in [6.07, 6.45) is 7.07. The van der Waals surface area contributed by atoms with E-state index >= 15 is 0 Å². The number of hydrogen-bond acceptors (Lipinski definition) is 3. The first kappa shape index (κ1) is 15.0. The molecule has 5 heteroatoms. The smallest absolute Gasteiger partial charge is 0.308 e. The fourth-order valence-electron chi connectivity index (χ4n) is 2.38. The van der Waals surface area contributed by atoms with Crippen molar-refractivity contribution in [3.63, 3.8) is 0 Å². The van der Waals surface area contributed by atoms with Crippen LogP contribution in [0.1, 0.15) is 52.7 Å². The number of aliphatic carboxylic acids is 1. The summed E-state index contributed by atoms with van der Waals surface area (Å²) >= 11 is 1.57. The minimum atomic E-state index is -0.885. The quantitative estimate of drug-likeness (QED) is 0.897. The Kier molecular flexibility index (Phi) is 5.17. The second kappa shape index (κ2) is 6.88. The Bertz CT molecular complexity index is 470. The Balaban J connectivity index is 1.99. The van der Waals surface area contributed by atoms with Crippen molar-refractivity contribution in [1.82, 2.24) is 5.32 Å². The highest BCUT2D eigenvalue weighted by Crippen LogP contribution is 2.28. The predicted molar refractivity (Wildman–Crippen MR) is 79.3 cm³/mol. The van der Waals surface area contributed by atoms with Gasteiger partial charge in [-0.3, -0.25) is 9.59 Å². The second-order valence-corrected chi connectivity index (χ2v) is 6.56. The van der Waals surface area contributed by atoms with Crippen molar-refractivity contribution < 1.29 is 14.7 Å². The lowest BCUT2D eigenvalue weighted by molar-refractivity contribution is -0.140. The van der Waals surface area contributed by atoms with Gasteiger partial charge < -0.3 is 10.4 Å². The molecule has 1 unspecified atom stereocenters. The summed E-state index contributed by atoms with van der Waals surface area (Å²) in [6, 6.07) is 1.99. The Hall–Kier alpha value is -1.36. The van der Waals surface area contributed by atoms with Crippen molar-refractivity contribution in [2.45, 2.75) is 45.4 Å². The van der Waals surface area contributed by atoms with Crippen LogP contribution in [0.4, 0.5) is 0 Å². The van der Waals surface area contributed by atoms with Gasteiger partial charge in [-0.1, -0.05) is 19.8 Å². The third kappa shape index (κ3) is 3.82. The first-order valence-corrected chi connectivity index (χ1v) is 8.02. The number of thiophene rings is 1. The summed E-state index contributed by atoms with van der Waals surface area (Å²) in [5, 5.41) is 11.5. The monoisotopic (exact) mass is 295 g/mol. The van der Waals surface area contributed by atoms with Crippen LogP contribution in [0, 0.1) is 5.92 Å². The molecular weight excluding hydrogens is 274 g/mol. The standard InChI is InChI=1S/C15H21NO3S/c1-10(15(18)19)9-16-14(17)13-8-11-6-4-2-3-5-7-12(11)20-13/h8,10H,2-7,9H2,1H3,(H,16,17)(H,18,19). The molecule has 0 bridgehead atoms. The van der Waals surface area contributed by atoms with Crippen molar-refractivity contribution in [2.75, 3.05) is 6.54 Å². The molecule has 1 amide bonds. The Morgan fingerprint density at radius 1 is 1.30 bits per heavy atom. The lowest BCUT2D eigenvalue weighted by Crippen LogP contribution is -2.30. The predicted octanol–water partition coefficient (Wildman–Crippen LogP) is 2.86. The molecule has 110 valence electrons. The Labute approximate surface area is 123 Å². The Morgan fingerprint density at radius 2 is 2.00 bits per heavy atom. The van der Waals surface area contributed by atoms with Crippen LogP contribution in [0.15, 0.2) is 6.07 Å². The molecule has 2 rings (SSSR count). The van der Waals surface area contributed by atoms with Gasteiger partial charge in [0.1, 0.15) is 0 Å². The number of rotatable bonds is 4. The molecule has 2 N–H and O–H groups in total. The lowest BCUT2D eigenvalue weighted by Gasteiger charge is -2.07. The number of carbonyl (C=O) groups is 2. The number of carbonyl (C=O) groups excluding carboxylic acids is 1. The van der Waals surface area contributed by atoms with E-state index in [0.717, 1.165) is 17.7 Å². The molecule has 1 aromatic heterocycles. The van der Waals surface area contributed by atoms with Gasteiger partial charge in [0.15, 0.2) is 0 Å². The number of carboxylic acids is 1. The molecule has 0 saturated heterocycles. The average molecular weight is 295 g/mol. The maximum absolute atomic E-state index is 12.1. The minimum absolute atomic E-state index is 0.144. The van der Waals surface area contributed by atoms with E-state index in [1.165, 1.54) is 36.1 Å². The van der Waals surface area contributed by atoms with Gasteiger partial charge in [0.2, 0.25) is 0 Å². The SMILES string of the molecule is CC(CNC(=O)c1cc2c(s1)CCCCCC2)C(=O)O. The van der Waals surface area contributed by atoms with E-state index in [2.05, 4.69) is 5.32 Å². The van der Waals surface area contributed by atoms with Crippen molar-refractivity contribution in [2.24, 2.45) is 5.92 Å². The lowest BCUT2D eigenvalue weighted by atomic mass is 10.00. The first-order chi connectivity index (χ1) is 9.58. The van der Waals surface area contributed by atoms with E-state index in [9.17, 15) is 9.59 Å². The molecule has 0 saturated carbocycles. The van der Waals surface area contributed by atoms with Crippen molar-refractivity contribution in [3.8, 4) is 0 Å². The van der Waals surface area contributed by atoms with E-state index in [0.29, 0.717) is 0 Å². The van der Waals surface area contributed by atoms with E-state index in [1.807, 2.05) is 6.07 Å². The van der Waals surface area contributed by atoms with Gasteiger partial charge in [0.25, 0.3) is 5.91 Å². The molecule has 1 atom stereocenters. The molecule has 0 radical (unpaired) electrons. The second-order valence-electron chi connectivity index (χ2n) is 5.42. The molecule has 20 heavy (non-hydrogen) atoms. The van der Waals surface area contributed by atoms with Gasteiger partial charge >= 0.3 is 5.97 Å². The third-order valence-corrected chi connectivity index (χ3v) is 4.95. The van der Waals surface area contributed by atoms with Crippen LogP contribution in [0.2, 0.25) is 0 Å². The summed E-state index contributed by atoms with van der Waals surface area (Å²) in [5.41, 5.74) is 1.31. The van der Waals surface area contributed by atoms with Gasteiger partial charge in [-0.05, 0) is 37.3 Å². The average Bonchev–Trinajstić information content (AvgIpc) is 2.78. The number of amides is 1. The Morgan fingerprint density at radius 3 is 2.70 bits per heavy atom. The fraction of sp³-hybridized carbons (Fsp3) is 0.600. The molecule has 0 aromatic carbocycles. The van der Waals surface area contributed by atoms with Crippen molar-refractivity contribution >= 4 is 23.2 Å². The van der Waals surface area contributed by atoms with Gasteiger partial charge in [0.05, 0.1) is 10.8 Å². The van der Waals surface area contributed by atoms with Crippen LogP contribution in [-0.4, -0.2) is 23.5 Å². The van der Waals surface area contributed by atoms with E-state index in [1.54, 1.807) is 18.3 Å². The highest BCUT2D eigenvalue weighted by Gasteiger charge is 2.17. The maximum Gasteiger partial charge on any atom is 0.308 e. The third-order valence-electron chi connectivity index (χ3n) is 3.71. The van der Waals surface area contributed by atoms with Gasteiger partial charge in [-0.25, -0.2) is 0 Å². The first-order valence-electron chi connectivity index (χ1n) is 7.20. The molecule has 1 aliphatic carbocycles. The van der Waals surface area contributed by atoms with Crippen molar-refractivity contribution in [1.29, 1.82) is 0 Å². The highest BCUT2D eigenvalue weighted by molar-refractivity contribution is 7.14. The molecule has 4 nitrogen and oxygen atoms in total. The molecule has 1 heterocycles. The number of nitrogens with one attached hydrogen (secondary N) is 1. The molecule has 0 fully saturated rings. The van der Waals surface area contributed by atoms with Crippen LogP contribution in [0.25, 0.3) is 0 Å². The maximum atomic E-state index is 12.1. The largest absolute Gasteiger partial charge is 0.481 e. The number of aryl methyl sites for hydroxylation is 2. The summed E-state index contributed by atoms with van der Waals surface area (Å²) in [4.78, 5) is 24.9. The van der Waals surface area contributed by atoms with E-state index < -0.39 is 11.9 Å². The van der Waals surface area contributed by atoms with Crippen LogP contribution in [0.3, 0.4) is 0 Å². The summed E-state index contributed by atoms with van der Waals surface area (Å²) in [6.45, 7) is 1.77.